The maximum atomic E-state index is 11.9. The lowest BCUT2D eigenvalue weighted by Gasteiger charge is -2.14. The number of hydrazine groups is 1. The van der Waals surface area contributed by atoms with Gasteiger partial charge in [0, 0.05) is 0 Å². The number of carbonyl (C=O) groups excluding carboxylic acids is 2. The number of carbonyl (C=O) groups is 2. The van der Waals surface area contributed by atoms with E-state index in [9.17, 15) is 9.59 Å². The van der Waals surface area contributed by atoms with E-state index in [4.69, 9.17) is 17.0 Å². The van der Waals surface area contributed by atoms with Crippen LogP contribution in [-0.2, 0) is 16.0 Å². The smallest absolute Gasteiger partial charge is 0.276 e. The minimum atomic E-state index is -0.409. The van der Waals surface area contributed by atoms with Gasteiger partial charge in [-0.3, -0.25) is 20.4 Å². The number of nitrogens with one attached hydrogen (secondary N) is 3. The van der Waals surface area contributed by atoms with Crippen molar-refractivity contribution in [3.8, 4) is 5.75 Å². The Balaban J connectivity index is 1.72. The molecule has 0 unspecified atom stereocenters. The Bertz CT molecular complexity index is 794. The molecule has 0 heterocycles. The summed E-state index contributed by atoms with van der Waals surface area (Å²) in [5.74, 6) is 0.277. The Kier molecular flexibility index (Phi) is 7.76. The van der Waals surface area contributed by atoms with E-state index in [2.05, 4.69) is 30.0 Å². The van der Waals surface area contributed by atoms with Crippen LogP contribution in [0.25, 0.3) is 0 Å². The van der Waals surface area contributed by atoms with Crippen LogP contribution in [0, 0.1) is 0 Å². The number of para-hydroxylation sites is 1. The van der Waals surface area contributed by atoms with E-state index in [-0.39, 0.29) is 30.0 Å². The van der Waals surface area contributed by atoms with Crippen LogP contribution in [0.3, 0.4) is 0 Å². The van der Waals surface area contributed by atoms with Gasteiger partial charge in [-0.15, -0.1) is 0 Å². The third-order valence-corrected chi connectivity index (χ3v) is 3.88. The molecule has 142 valence electrons. The zero-order valence-corrected chi connectivity index (χ0v) is 16.1. The van der Waals surface area contributed by atoms with Gasteiger partial charge in [0.2, 0.25) is 5.91 Å². The molecule has 2 amide bonds. The summed E-state index contributed by atoms with van der Waals surface area (Å²) in [5.41, 5.74) is 6.80. The molecule has 0 saturated carbocycles. The Morgan fingerprint density at radius 2 is 1.63 bits per heavy atom. The second-order valence-electron chi connectivity index (χ2n) is 6.19. The monoisotopic (exact) mass is 385 g/mol. The third-order valence-electron chi connectivity index (χ3n) is 3.68. The minimum Gasteiger partial charge on any atom is -0.483 e. The third kappa shape index (κ3) is 7.07. The highest BCUT2D eigenvalue weighted by Gasteiger charge is 2.10. The Morgan fingerprint density at radius 1 is 0.963 bits per heavy atom. The first-order chi connectivity index (χ1) is 13.0. The molecular formula is C20H23N3O3S. The highest BCUT2D eigenvalue weighted by molar-refractivity contribution is 7.80. The predicted octanol–water partition coefficient (Wildman–Crippen LogP) is 2.45. The van der Waals surface area contributed by atoms with E-state index in [1.54, 1.807) is 0 Å². The largest absolute Gasteiger partial charge is 0.483 e. The normalized spacial score (nSPS) is 10.2. The predicted molar refractivity (Wildman–Crippen MR) is 108 cm³/mol. The van der Waals surface area contributed by atoms with Gasteiger partial charge in [-0.1, -0.05) is 62.4 Å². The average Bonchev–Trinajstić information content (AvgIpc) is 2.65. The van der Waals surface area contributed by atoms with Crippen molar-refractivity contribution in [2.24, 2.45) is 0 Å². The van der Waals surface area contributed by atoms with Crippen molar-refractivity contribution in [1.82, 2.24) is 16.2 Å². The van der Waals surface area contributed by atoms with Crippen LogP contribution in [0.5, 0.6) is 5.75 Å². The number of thiocarbonyl (C=S) groups is 1. The first-order valence-electron chi connectivity index (χ1n) is 8.60. The van der Waals surface area contributed by atoms with Gasteiger partial charge in [-0.25, -0.2) is 0 Å². The minimum absolute atomic E-state index is 0.0202. The molecule has 2 aromatic rings. The highest BCUT2D eigenvalue weighted by Crippen LogP contribution is 2.25. The summed E-state index contributed by atoms with van der Waals surface area (Å²) in [7, 11) is 0. The van der Waals surface area contributed by atoms with Gasteiger partial charge in [-0.2, -0.15) is 0 Å². The van der Waals surface area contributed by atoms with E-state index in [0.717, 1.165) is 11.1 Å². The molecule has 0 saturated heterocycles. The quantitative estimate of drug-likeness (QED) is 0.526. The molecule has 27 heavy (non-hydrogen) atoms. The lowest BCUT2D eigenvalue weighted by atomic mass is 10.0. The summed E-state index contributed by atoms with van der Waals surface area (Å²) in [6.45, 7) is 3.94. The number of benzene rings is 2. The van der Waals surface area contributed by atoms with E-state index < -0.39 is 5.91 Å². The summed E-state index contributed by atoms with van der Waals surface area (Å²) in [5, 5.41) is 2.53. The number of ether oxygens (including phenoxy) is 1. The average molecular weight is 385 g/mol. The molecule has 0 radical (unpaired) electrons. The second-order valence-corrected chi connectivity index (χ2v) is 6.60. The van der Waals surface area contributed by atoms with Crippen LogP contribution < -0.4 is 20.9 Å². The Labute approximate surface area is 164 Å². The molecule has 7 heteroatoms. The van der Waals surface area contributed by atoms with Crippen LogP contribution in [-0.4, -0.2) is 23.5 Å². The van der Waals surface area contributed by atoms with Crippen LogP contribution >= 0.6 is 12.2 Å². The van der Waals surface area contributed by atoms with Gasteiger partial charge >= 0.3 is 0 Å². The van der Waals surface area contributed by atoms with Crippen molar-refractivity contribution in [3.05, 3.63) is 65.7 Å². The summed E-state index contributed by atoms with van der Waals surface area (Å²) < 4.78 is 5.57. The molecule has 2 rings (SSSR count). The molecule has 0 aliphatic carbocycles. The molecular weight excluding hydrogens is 362 g/mol. The molecule has 0 fully saturated rings. The summed E-state index contributed by atoms with van der Waals surface area (Å²) >= 11 is 5.00. The van der Waals surface area contributed by atoms with Crippen LogP contribution in [0.1, 0.15) is 30.9 Å². The topological polar surface area (TPSA) is 79.5 Å². The molecule has 0 aliphatic rings. The van der Waals surface area contributed by atoms with E-state index >= 15 is 0 Å². The Hall–Kier alpha value is -2.93. The van der Waals surface area contributed by atoms with E-state index in [1.807, 2.05) is 54.6 Å². The van der Waals surface area contributed by atoms with Gasteiger partial charge in [0.1, 0.15) is 5.75 Å². The highest BCUT2D eigenvalue weighted by atomic mass is 32.1. The first kappa shape index (κ1) is 20.4. The lowest BCUT2D eigenvalue weighted by molar-refractivity contribution is -0.124. The van der Waals surface area contributed by atoms with E-state index in [0.29, 0.717) is 5.75 Å². The number of hydrogen-bond donors (Lipinski definition) is 3. The standard InChI is InChI=1S/C20H23N3O3S/c1-14(2)16-10-6-7-11-17(16)26-13-19(25)22-23-20(27)21-18(24)12-15-8-4-3-5-9-15/h3-11,14H,12-13H2,1-2H3,(H,22,25)(H2,21,23,24,27). The molecule has 6 nitrogen and oxygen atoms in total. The van der Waals surface area contributed by atoms with Crippen molar-refractivity contribution in [2.45, 2.75) is 26.2 Å². The maximum Gasteiger partial charge on any atom is 0.276 e. The second kappa shape index (κ2) is 10.3. The molecule has 0 atom stereocenters. The van der Waals surface area contributed by atoms with Gasteiger partial charge in [0.25, 0.3) is 5.91 Å². The lowest BCUT2D eigenvalue weighted by Crippen LogP contribution is -2.50. The fourth-order valence-electron chi connectivity index (χ4n) is 2.38. The molecule has 0 aromatic heterocycles. The van der Waals surface area contributed by atoms with Crippen LogP contribution in [0.2, 0.25) is 0 Å². The van der Waals surface area contributed by atoms with Crippen LogP contribution in [0.15, 0.2) is 54.6 Å². The van der Waals surface area contributed by atoms with E-state index in [1.165, 1.54) is 0 Å². The first-order valence-corrected chi connectivity index (χ1v) is 9.01. The van der Waals surface area contributed by atoms with Crippen molar-refractivity contribution in [1.29, 1.82) is 0 Å². The summed E-state index contributed by atoms with van der Waals surface area (Å²) in [4.78, 5) is 23.8. The van der Waals surface area contributed by atoms with Gasteiger partial charge < -0.3 is 10.1 Å². The zero-order valence-electron chi connectivity index (χ0n) is 15.3. The van der Waals surface area contributed by atoms with Crippen molar-refractivity contribution < 1.29 is 14.3 Å². The summed E-state index contributed by atoms with van der Waals surface area (Å²) in [6.07, 6.45) is 0.200. The Morgan fingerprint density at radius 3 is 2.33 bits per heavy atom. The van der Waals surface area contributed by atoms with Crippen LogP contribution in [0.4, 0.5) is 0 Å². The fourth-order valence-corrected chi connectivity index (χ4v) is 2.54. The molecule has 2 aromatic carbocycles. The molecule has 0 bridgehead atoms. The number of rotatable bonds is 6. The summed E-state index contributed by atoms with van der Waals surface area (Å²) in [6, 6.07) is 16.9. The molecule has 3 N–H and O–H groups in total. The van der Waals surface area contributed by atoms with Gasteiger partial charge in [0.15, 0.2) is 11.7 Å². The SMILES string of the molecule is CC(C)c1ccccc1OCC(=O)NNC(=S)NC(=O)Cc1ccccc1. The number of amides is 2. The van der Waals surface area contributed by atoms with Gasteiger partial charge in [0.05, 0.1) is 6.42 Å². The van der Waals surface area contributed by atoms with Crippen molar-refractivity contribution >= 4 is 29.1 Å². The number of hydrogen-bond acceptors (Lipinski definition) is 4. The van der Waals surface area contributed by atoms with Crippen molar-refractivity contribution in [3.63, 3.8) is 0 Å². The maximum absolute atomic E-state index is 11.9. The van der Waals surface area contributed by atoms with Gasteiger partial charge in [-0.05, 0) is 35.3 Å². The molecule has 0 spiro atoms. The zero-order chi connectivity index (χ0) is 19.6. The van der Waals surface area contributed by atoms with Crippen molar-refractivity contribution in [2.75, 3.05) is 6.61 Å². The molecule has 0 aliphatic heterocycles. The fraction of sp³-hybridized carbons (Fsp3) is 0.250.